The number of carbonyl (C=O) groups is 3. The van der Waals surface area contributed by atoms with Crippen LogP contribution in [0.1, 0.15) is 31.1 Å². The van der Waals surface area contributed by atoms with Gasteiger partial charge in [-0.3, -0.25) is 29.4 Å². The summed E-state index contributed by atoms with van der Waals surface area (Å²) >= 11 is 0. The van der Waals surface area contributed by atoms with Gasteiger partial charge in [-0.2, -0.15) is 0 Å². The lowest BCUT2D eigenvalue weighted by atomic mass is 10.1. The minimum Gasteiger partial charge on any atom is -0.277 e. The first kappa shape index (κ1) is 23.7. The quantitative estimate of drug-likeness (QED) is 0.151. The SMILES string of the molecule is O=C1c2cccc([N+](=O)[O-])c2C(=O)N1c1ccccc1C(=O)N(c1ccccc1)c1ccc2ccccc2c1. The van der Waals surface area contributed by atoms with Crippen molar-refractivity contribution < 1.29 is 19.3 Å². The van der Waals surface area contributed by atoms with E-state index in [1.165, 1.54) is 35.2 Å². The van der Waals surface area contributed by atoms with Crippen molar-refractivity contribution in [2.75, 3.05) is 9.80 Å². The standard InChI is InChI=1S/C31H19N3O5/c35-29(32(22-11-2-1-3-12-22)23-18-17-20-9-4-5-10-21(20)19-23)24-13-6-7-15-26(24)33-30(36)25-14-8-16-27(34(38)39)28(25)31(33)37/h1-19H. The summed E-state index contributed by atoms with van der Waals surface area (Å²) in [4.78, 5) is 54.4. The molecule has 5 aromatic carbocycles. The molecule has 0 aliphatic carbocycles. The van der Waals surface area contributed by atoms with E-state index in [0.717, 1.165) is 15.7 Å². The van der Waals surface area contributed by atoms with Gasteiger partial charge in [-0.05, 0) is 53.2 Å². The zero-order valence-corrected chi connectivity index (χ0v) is 20.4. The number of amides is 3. The average Bonchev–Trinajstić information content (AvgIpc) is 3.23. The Bertz CT molecular complexity index is 1820. The van der Waals surface area contributed by atoms with E-state index >= 15 is 0 Å². The number of hydrogen-bond donors (Lipinski definition) is 0. The Morgan fingerprint density at radius 3 is 2.15 bits per heavy atom. The van der Waals surface area contributed by atoms with Crippen molar-refractivity contribution in [3.8, 4) is 0 Å². The minimum atomic E-state index is -0.848. The van der Waals surface area contributed by atoms with Gasteiger partial charge in [0.1, 0.15) is 5.56 Å². The molecule has 0 spiro atoms. The molecular weight excluding hydrogens is 494 g/mol. The van der Waals surface area contributed by atoms with E-state index < -0.39 is 28.3 Å². The van der Waals surface area contributed by atoms with Gasteiger partial charge in [0.2, 0.25) is 0 Å². The Morgan fingerprint density at radius 2 is 1.38 bits per heavy atom. The molecule has 5 aromatic rings. The number of benzene rings is 5. The summed E-state index contributed by atoms with van der Waals surface area (Å²) in [5.41, 5.74) is 0.494. The summed E-state index contributed by atoms with van der Waals surface area (Å²) in [5.74, 6) is -2.05. The van der Waals surface area contributed by atoms with Gasteiger partial charge in [-0.1, -0.05) is 66.7 Å². The maximum atomic E-state index is 14.3. The number of nitro benzene ring substituents is 1. The molecule has 3 amide bonds. The predicted octanol–water partition coefficient (Wildman–Crippen LogP) is 6.53. The molecule has 39 heavy (non-hydrogen) atoms. The Balaban J connectivity index is 1.49. The molecule has 0 aromatic heterocycles. The summed E-state index contributed by atoms with van der Waals surface area (Å²) in [5, 5.41) is 13.5. The highest BCUT2D eigenvalue weighted by atomic mass is 16.6. The van der Waals surface area contributed by atoms with E-state index in [2.05, 4.69) is 0 Å². The van der Waals surface area contributed by atoms with Crippen molar-refractivity contribution in [1.82, 2.24) is 0 Å². The molecule has 0 bridgehead atoms. The number of nitrogens with zero attached hydrogens (tertiary/aromatic N) is 3. The molecule has 0 saturated heterocycles. The van der Waals surface area contributed by atoms with Crippen molar-refractivity contribution in [2.45, 2.75) is 0 Å². The first-order valence-electron chi connectivity index (χ1n) is 12.1. The molecule has 0 fully saturated rings. The maximum Gasteiger partial charge on any atom is 0.283 e. The summed E-state index contributed by atoms with van der Waals surface area (Å²) in [6.07, 6.45) is 0. The fourth-order valence-electron chi connectivity index (χ4n) is 4.88. The van der Waals surface area contributed by atoms with Crippen LogP contribution in [0.2, 0.25) is 0 Å². The molecule has 0 unspecified atom stereocenters. The third-order valence-electron chi connectivity index (χ3n) is 6.67. The van der Waals surface area contributed by atoms with E-state index in [1.807, 2.05) is 60.7 Å². The van der Waals surface area contributed by atoms with Gasteiger partial charge in [0.05, 0.1) is 21.7 Å². The van der Waals surface area contributed by atoms with Gasteiger partial charge in [0, 0.05) is 17.4 Å². The summed E-state index contributed by atoms with van der Waals surface area (Å²) in [6.45, 7) is 0. The Morgan fingerprint density at radius 1 is 0.692 bits per heavy atom. The van der Waals surface area contributed by atoms with E-state index in [1.54, 1.807) is 24.3 Å². The van der Waals surface area contributed by atoms with Gasteiger partial charge in [-0.25, -0.2) is 4.90 Å². The molecule has 6 rings (SSSR count). The lowest BCUT2D eigenvalue weighted by Crippen LogP contribution is -2.33. The summed E-state index contributed by atoms with van der Waals surface area (Å²) in [7, 11) is 0. The first-order chi connectivity index (χ1) is 19.0. The van der Waals surface area contributed by atoms with Gasteiger partial charge in [0.15, 0.2) is 0 Å². The highest BCUT2D eigenvalue weighted by Gasteiger charge is 2.43. The molecule has 0 atom stereocenters. The molecule has 8 nitrogen and oxygen atoms in total. The van der Waals surface area contributed by atoms with Crippen LogP contribution in [0.25, 0.3) is 10.8 Å². The molecule has 1 heterocycles. The molecule has 8 heteroatoms. The zero-order chi connectivity index (χ0) is 27.1. The van der Waals surface area contributed by atoms with Crippen LogP contribution in [0.5, 0.6) is 0 Å². The van der Waals surface area contributed by atoms with E-state index in [0.29, 0.717) is 11.4 Å². The van der Waals surface area contributed by atoms with Crippen LogP contribution in [0.15, 0.2) is 115 Å². The number of nitro groups is 1. The van der Waals surface area contributed by atoms with E-state index in [-0.39, 0.29) is 22.4 Å². The fraction of sp³-hybridized carbons (Fsp3) is 0. The van der Waals surface area contributed by atoms with Crippen LogP contribution < -0.4 is 9.80 Å². The average molecular weight is 514 g/mol. The third-order valence-corrected chi connectivity index (χ3v) is 6.67. The van der Waals surface area contributed by atoms with Crippen molar-refractivity contribution in [3.05, 3.63) is 142 Å². The number of hydrogen-bond acceptors (Lipinski definition) is 5. The van der Waals surface area contributed by atoms with Crippen LogP contribution in [0, 0.1) is 10.1 Å². The number of rotatable bonds is 5. The largest absolute Gasteiger partial charge is 0.283 e. The second-order valence-electron chi connectivity index (χ2n) is 8.93. The molecule has 188 valence electrons. The number of fused-ring (bicyclic) bond motifs is 2. The summed E-state index contributed by atoms with van der Waals surface area (Å²) < 4.78 is 0. The van der Waals surface area contributed by atoms with E-state index in [4.69, 9.17) is 0 Å². The lowest BCUT2D eigenvalue weighted by molar-refractivity contribution is -0.385. The molecule has 1 aliphatic rings. The second-order valence-corrected chi connectivity index (χ2v) is 8.93. The van der Waals surface area contributed by atoms with Crippen LogP contribution >= 0.6 is 0 Å². The maximum absolute atomic E-state index is 14.3. The second kappa shape index (κ2) is 9.35. The smallest absolute Gasteiger partial charge is 0.277 e. The molecule has 0 N–H and O–H groups in total. The van der Waals surface area contributed by atoms with Crippen molar-refractivity contribution in [2.24, 2.45) is 0 Å². The summed E-state index contributed by atoms with van der Waals surface area (Å²) in [6, 6.07) is 32.7. The monoisotopic (exact) mass is 513 g/mol. The van der Waals surface area contributed by atoms with Crippen LogP contribution in [-0.2, 0) is 0 Å². The highest BCUT2D eigenvalue weighted by Crippen LogP contribution is 2.37. The van der Waals surface area contributed by atoms with Crippen molar-refractivity contribution >= 4 is 51.2 Å². The number of carbonyl (C=O) groups excluding carboxylic acids is 3. The number of para-hydroxylation sites is 2. The van der Waals surface area contributed by atoms with Crippen LogP contribution in [-0.4, -0.2) is 22.6 Å². The zero-order valence-electron chi connectivity index (χ0n) is 20.4. The van der Waals surface area contributed by atoms with Crippen molar-refractivity contribution in [3.63, 3.8) is 0 Å². The first-order valence-corrected chi connectivity index (χ1v) is 12.1. The Kier molecular flexibility index (Phi) is 5.69. The van der Waals surface area contributed by atoms with Crippen molar-refractivity contribution in [1.29, 1.82) is 0 Å². The highest BCUT2D eigenvalue weighted by molar-refractivity contribution is 6.37. The third kappa shape index (κ3) is 3.91. The predicted molar refractivity (Wildman–Crippen MR) is 148 cm³/mol. The molecule has 0 radical (unpaired) electrons. The molecule has 0 saturated carbocycles. The Hall–Kier alpha value is -5.63. The lowest BCUT2D eigenvalue weighted by Gasteiger charge is -2.26. The van der Waals surface area contributed by atoms with Gasteiger partial charge >= 0.3 is 0 Å². The van der Waals surface area contributed by atoms with Crippen LogP contribution in [0.3, 0.4) is 0 Å². The van der Waals surface area contributed by atoms with Gasteiger partial charge in [0.25, 0.3) is 23.4 Å². The Labute approximate surface area is 222 Å². The normalized spacial score (nSPS) is 12.5. The fourth-order valence-corrected chi connectivity index (χ4v) is 4.88. The molecular formula is C31H19N3O5. The van der Waals surface area contributed by atoms with Gasteiger partial charge < -0.3 is 0 Å². The van der Waals surface area contributed by atoms with E-state index in [9.17, 15) is 24.5 Å². The number of anilines is 3. The van der Waals surface area contributed by atoms with Crippen LogP contribution in [0.4, 0.5) is 22.7 Å². The number of imide groups is 1. The minimum absolute atomic E-state index is 0.0460. The topological polar surface area (TPSA) is 101 Å². The molecule has 1 aliphatic heterocycles. The van der Waals surface area contributed by atoms with Gasteiger partial charge in [-0.15, -0.1) is 0 Å².